The van der Waals surface area contributed by atoms with Gasteiger partial charge in [-0.1, -0.05) is 30.3 Å². The number of ether oxygens (including phenoxy) is 1. The Morgan fingerprint density at radius 3 is 2.72 bits per heavy atom. The van der Waals surface area contributed by atoms with E-state index in [-0.39, 0.29) is 30.3 Å². The molecule has 0 aromatic heterocycles. The molecule has 0 aliphatic carbocycles. The number of hydrogen-bond acceptors (Lipinski definition) is 3. The molecule has 1 aliphatic rings. The molecule has 1 aromatic rings. The molecule has 4 heteroatoms. The van der Waals surface area contributed by atoms with Gasteiger partial charge in [0.25, 0.3) is 0 Å². The van der Waals surface area contributed by atoms with E-state index in [0.717, 1.165) is 19.4 Å². The molecule has 1 N–H and O–H groups in total. The van der Waals surface area contributed by atoms with Crippen LogP contribution in [0.25, 0.3) is 0 Å². The SMILES string of the molecule is CC(NCCc1ccccc1)C1CCOC1=O.Cl. The first-order valence-electron chi connectivity index (χ1n) is 6.21. The topological polar surface area (TPSA) is 38.3 Å². The summed E-state index contributed by atoms with van der Waals surface area (Å²) in [5.74, 6) is -0.0181. The molecule has 1 heterocycles. The summed E-state index contributed by atoms with van der Waals surface area (Å²) in [6.45, 7) is 3.53. The Bertz CT molecular complexity index is 369. The lowest BCUT2D eigenvalue weighted by Gasteiger charge is -2.17. The quantitative estimate of drug-likeness (QED) is 0.833. The van der Waals surface area contributed by atoms with Crippen molar-refractivity contribution in [3.63, 3.8) is 0 Å². The van der Waals surface area contributed by atoms with E-state index in [1.807, 2.05) is 18.2 Å². The first-order valence-corrected chi connectivity index (χ1v) is 6.21. The van der Waals surface area contributed by atoms with Crippen LogP contribution in [-0.4, -0.2) is 25.2 Å². The molecule has 18 heavy (non-hydrogen) atoms. The van der Waals surface area contributed by atoms with Crippen LogP contribution in [0.2, 0.25) is 0 Å². The van der Waals surface area contributed by atoms with Gasteiger partial charge in [0, 0.05) is 6.04 Å². The van der Waals surface area contributed by atoms with E-state index in [9.17, 15) is 4.79 Å². The summed E-state index contributed by atoms with van der Waals surface area (Å²) in [5.41, 5.74) is 1.32. The normalized spacial score (nSPS) is 20.1. The summed E-state index contributed by atoms with van der Waals surface area (Å²) >= 11 is 0. The van der Waals surface area contributed by atoms with E-state index in [1.54, 1.807) is 0 Å². The van der Waals surface area contributed by atoms with E-state index >= 15 is 0 Å². The van der Waals surface area contributed by atoms with E-state index in [4.69, 9.17) is 4.74 Å². The van der Waals surface area contributed by atoms with E-state index in [1.165, 1.54) is 5.56 Å². The predicted molar refractivity (Wildman–Crippen MR) is 73.9 cm³/mol. The zero-order valence-electron chi connectivity index (χ0n) is 10.6. The minimum Gasteiger partial charge on any atom is -0.465 e. The number of rotatable bonds is 5. The smallest absolute Gasteiger partial charge is 0.310 e. The average molecular weight is 270 g/mol. The minimum atomic E-state index is -0.0512. The number of carbonyl (C=O) groups is 1. The van der Waals surface area contributed by atoms with Crippen LogP contribution in [0.4, 0.5) is 0 Å². The molecule has 3 nitrogen and oxygen atoms in total. The lowest BCUT2D eigenvalue weighted by molar-refractivity contribution is -0.141. The monoisotopic (exact) mass is 269 g/mol. The van der Waals surface area contributed by atoms with Crippen LogP contribution >= 0.6 is 12.4 Å². The summed E-state index contributed by atoms with van der Waals surface area (Å²) in [4.78, 5) is 11.4. The standard InChI is InChI=1S/C14H19NO2.ClH/c1-11(13-8-10-17-14(13)16)15-9-7-12-5-3-2-4-6-12;/h2-6,11,13,15H,7-10H2,1H3;1H. The molecule has 0 amide bonds. The van der Waals surface area contributed by atoms with Gasteiger partial charge >= 0.3 is 5.97 Å². The summed E-state index contributed by atoms with van der Waals surface area (Å²) < 4.78 is 4.97. The number of nitrogens with one attached hydrogen (secondary N) is 1. The zero-order valence-corrected chi connectivity index (χ0v) is 11.4. The van der Waals surface area contributed by atoms with Gasteiger partial charge in [0.2, 0.25) is 0 Å². The second kappa shape index (κ2) is 7.39. The molecule has 1 aliphatic heterocycles. The third-order valence-corrected chi connectivity index (χ3v) is 3.30. The molecule has 2 unspecified atom stereocenters. The van der Waals surface area contributed by atoms with Gasteiger partial charge in [0.15, 0.2) is 0 Å². The van der Waals surface area contributed by atoms with Crippen LogP contribution in [0.15, 0.2) is 30.3 Å². The van der Waals surface area contributed by atoms with Crippen molar-refractivity contribution in [3.05, 3.63) is 35.9 Å². The van der Waals surface area contributed by atoms with Crippen LogP contribution in [0, 0.1) is 5.92 Å². The number of hydrogen-bond donors (Lipinski definition) is 1. The highest BCUT2D eigenvalue weighted by Crippen LogP contribution is 2.18. The van der Waals surface area contributed by atoms with Gasteiger partial charge in [-0.3, -0.25) is 4.79 Å². The molecule has 0 radical (unpaired) electrons. The second-order valence-corrected chi connectivity index (χ2v) is 4.54. The number of benzene rings is 1. The minimum absolute atomic E-state index is 0. The van der Waals surface area contributed by atoms with Gasteiger partial charge in [0.1, 0.15) is 0 Å². The molecule has 2 rings (SSSR count). The van der Waals surface area contributed by atoms with Crippen LogP contribution in [0.3, 0.4) is 0 Å². The summed E-state index contributed by atoms with van der Waals surface area (Å²) in [6.07, 6.45) is 1.84. The molecule has 0 spiro atoms. The van der Waals surface area contributed by atoms with Crippen LogP contribution in [-0.2, 0) is 16.0 Å². The Labute approximate surface area is 114 Å². The average Bonchev–Trinajstić information content (AvgIpc) is 2.77. The van der Waals surface area contributed by atoms with Crippen molar-refractivity contribution in [3.8, 4) is 0 Å². The number of carbonyl (C=O) groups excluding carboxylic acids is 1. The fourth-order valence-electron chi connectivity index (χ4n) is 2.20. The highest BCUT2D eigenvalue weighted by Gasteiger charge is 2.31. The zero-order chi connectivity index (χ0) is 12.1. The summed E-state index contributed by atoms with van der Waals surface area (Å²) in [5, 5.41) is 3.40. The highest BCUT2D eigenvalue weighted by molar-refractivity contribution is 5.85. The number of esters is 1. The lowest BCUT2D eigenvalue weighted by Crippen LogP contribution is -2.36. The van der Waals surface area contributed by atoms with Gasteiger partial charge in [-0.15, -0.1) is 12.4 Å². The van der Waals surface area contributed by atoms with Crippen molar-refractivity contribution in [2.24, 2.45) is 5.92 Å². The van der Waals surface area contributed by atoms with Gasteiger partial charge in [0.05, 0.1) is 12.5 Å². The van der Waals surface area contributed by atoms with E-state index < -0.39 is 0 Å². The molecular weight excluding hydrogens is 250 g/mol. The van der Waals surface area contributed by atoms with Gasteiger partial charge in [-0.2, -0.15) is 0 Å². The van der Waals surface area contributed by atoms with Crippen molar-refractivity contribution in [2.75, 3.05) is 13.2 Å². The lowest BCUT2D eigenvalue weighted by atomic mass is 10.00. The fraction of sp³-hybridized carbons (Fsp3) is 0.500. The van der Waals surface area contributed by atoms with Gasteiger partial charge in [-0.05, 0) is 31.9 Å². The summed E-state index contributed by atoms with van der Waals surface area (Å²) in [6, 6.07) is 10.6. The molecule has 1 fully saturated rings. The second-order valence-electron chi connectivity index (χ2n) is 4.54. The van der Waals surface area contributed by atoms with Crippen LogP contribution in [0.5, 0.6) is 0 Å². The maximum absolute atomic E-state index is 11.4. The van der Waals surface area contributed by atoms with Gasteiger partial charge in [-0.25, -0.2) is 0 Å². The van der Waals surface area contributed by atoms with Crippen molar-refractivity contribution >= 4 is 18.4 Å². The number of cyclic esters (lactones) is 1. The Balaban J connectivity index is 0.00000162. The van der Waals surface area contributed by atoms with E-state index in [0.29, 0.717) is 6.61 Å². The first kappa shape index (κ1) is 15.0. The van der Waals surface area contributed by atoms with Crippen molar-refractivity contribution < 1.29 is 9.53 Å². The highest BCUT2D eigenvalue weighted by atomic mass is 35.5. The first-order chi connectivity index (χ1) is 8.27. The largest absolute Gasteiger partial charge is 0.465 e. The molecule has 0 saturated carbocycles. The molecule has 2 atom stereocenters. The van der Waals surface area contributed by atoms with Crippen molar-refractivity contribution in [1.82, 2.24) is 5.32 Å². The maximum Gasteiger partial charge on any atom is 0.310 e. The molecule has 1 aromatic carbocycles. The third-order valence-electron chi connectivity index (χ3n) is 3.30. The Hall–Kier alpha value is -1.06. The van der Waals surface area contributed by atoms with E-state index in [2.05, 4.69) is 24.4 Å². The Kier molecular flexibility index (Phi) is 6.16. The number of halogens is 1. The third kappa shape index (κ3) is 4.00. The summed E-state index contributed by atoms with van der Waals surface area (Å²) in [7, 11) is 0. The molecule has 0 bridgehead atoms. The molecular formula is C14H20ClNO2. The maximum atomic E-state index is 11.4. The molecule has 1 saturated heterocycles. The predicted octanol–water partition coefficient (Wildman–Crippen LogP) is 2.19. The van der Waals surface area contributed by atoms with Crippen molar-refractivity contribution in [1.29, 1.82) is 0 Å². The Morgan fingerprint density at radius 2 is 2.11 bits per heavy atom. The van der Waals surface area contributed by atoms with Crippen LogP contribution in [0.1, 0.15) is 18.9 Å². The van der Waals surface area contributed by atoms with Crippen molar-refractivity contribution in [2.45, 2.75) is 25.8 Å². The fourth-order valence-corrected chi connectivity index (χ4v) is 2.20. The van der Waals surface area contributed by atoms with Crippen LogP contribution < -0.4 is 5.32 Å². The molecule has 100 valence electrons. The Morgan fingerprint density at radius 1 is 1.39 bits per heavy atom. The van der Waals surface area contributed by atoms with Gasteiger partial charge < -0.3 is 10.1 Å².